The first kappa shape index (κ1) is 24.8. The monoisotopic (exact) mass is 506 g/mol. The molecule has 3 aromatic carbocycles. The normalized spacial score (nSPS) is 11.5. The Kier molecular flexibility index (Phi) is 7.84. The zero-order chi connectivity index (χ0) is 24.2. The van der Waals surface area contributed by atoms with Crippen LogP contribution in [0, 0.1) is 0 Å². The number of nitrogen functional groups attached to an aromatic ring is 2. The molecule has 12 heteroatoms. The van der Waals surface area contributed by atoms with Crippen LogP contribution in [0.4, 0.5) is 17.1 Å². The van der Waals surface area contributed by atoms with Gasteiger partial charge in [0.15, 0.2) is 0 Å². The zero-order valence-corrected chi connectivity index (χ0v) is 20.7. The summed E-state index contributed by atoms with van der Waals surface area (Å²) < 4.78 is 37.1. The van der Waals surface area contributed by atoms with Gasteiger partial charge in [0, 0.05) is 30.1 Å². The third-order valence-electron chi connectivity index (χ3n) is 5.09. The third kappa shape index (κ3) is 5.08. The minimum absolute atomic E-state index is 0.170. The predicted molar refractivity (Wildman–Crippen MR) is 139 cm³/mol. The van der Waals surface area contributed by atoms with E-state index >= 15 is 0 Å². The smallest absolute Gasteiger partial charge is 0.245 e. The molecule has 0 fully saturated rings. The number of hydrogen-bond donors (Lipinski definition) is 5. The van der Waals surface area contributed by atoms with Crippen molar-refractivity contribution in [3.05, 3.63) is 42.5 Å². The van der Waals surface area contributed by atoms with Crippen LogP contribution in [0.2, 0.25) is 0 Å². The number of fused-ring (bicyclic) bond motifs is 2. The van der Waals surface area contributed by atoms with Gasteiger partial charge in [-0.2, -0.15) is 8.75 Å². The van der Waals surface area contributed by atoms with Gasteiger partial charge in [-0.3, -0.25) is 0 Å². The van der Waals surface area contributed by atoms with Crippen LogP contribution >= 0.6 is 24.5 Å². The average molecular weight is 507 g/mol. The summed E-state index contributed by atoms with van der Waals surface area (Å²) in [7, 11) is -1.97. The molecule has 9 nitrogen and oxygen atoms in total. The van der Waals surface area contributed by atoms with Gasteiger partial charge in [-0.1, -0.05) is 38.3 Å². The molecule has 0 aliphatic carbocycles. The molecule has 0 amide bonds. The van der Waals surface area contributed by atoms with E-state index in [1.165, 1.54) is 10.4 Å². The minimum atomic E-state index is -3.54. The summed E-state index contributed by atoms with van der Waals surface area (Å²) in [4.78, 5) is 0.170. The second-order valence-electron chi connectivity index (χ2n) is 7.31. The molecule has 0 aliphatic rings. The van der Waals surface area contributed by atoms with E-state index in [1.54, 1.807) is 25.2 Å². The number of aromatic nitrogens is 2. The molecule has 0 saturated carbocycles. The van der Waals surface area contributed by atoms with Crippen molar-refractivity contribution in [2.75, 3.05) is 29.8 Å². The first-order valence-corrected chi connectivity index (χ1v) is 12.7. The van der Waals surface area contributed by atoms with Crippen LogP contribution in [0.25, 0.3) is 21.8 Å². The highest BCUT2D eigenvalue weighted by molar-refractivity contribution is 7.89. The molecular weight excluding hydrogens is 480 g/mol. The Bertz CT molecular complexity index is 1370. The summed E-state index contributed by atoms with van der Waals surface area (Å²) in [5.41, 5.74) is 14.2. The van der Waals surface area contributed by atoms with Crippen LogP contribution < -0.4 is 16.2 Å². The highest BCUT2D eigenvalue weighted by Gasteiger charge is 2.25. The fraction of sp³-hybridized carbons (Fsp3) is 0.238. The second-order valence-corrected chi connectivity index (χ2v) is 10.1. The van der Waals surface area contributed by atoms with Crippen LogP contribution in [0.15, 0.2) is 47.4 Å². The molecular formula is C21H26N6O3S3. The van der Waals surface area contributed by atoms with Gasteiger partial charge in [0.05, 0.1) is 23.1 Å². The molecule has 1 aromatic heterocycles. The molecule has 0 saturated heterocycles. The first-order valence-electron chi connectivity index (χ1n) is 10.1. The average Bonchev–Trinajstić information content (AvgIpc) is 3.30. The number of phenols is 1. The van der Waals surface area contributed by atoms with Crippen molar-refractivity contribution in [3.63, 3.8) is 0 Å². The van der Waals surface area contributed by atoms with Crippen LogP contribution in [0.1, 0.15) is 19.8 Å². The molecule has 33 heavy (non-hydrogen) atoms. The fourth-order valence-electron chi connectivity index (χ4n) is 3.25. The SMILES string of the molecule is CCCCN(C)S(=O)(=O)c1ccc(N)c2nsnc12.Nc1ccc(O)c2cccc(NS)c12. The topological polar surface area (TPSA) is 147 Å². The van der Waals surface area contributed by atoms with Gasteiger partial charge in [0.1, 0.15) is 21.7 Å². The van der Waals surface area contributed by atoms with Crippen LogP contribution in [-0.2, 0) is 10.0 Å². The molecule has 0 spiro atoms. The van der Waals surface area contributed by atoms with Gasteiger partial charge < -0.3 is 21.3 Å². The molecule has 0 bridgehead atoms. The van der Waals surface area contributed by atoms with Crippen LogP contribution in [0.5, 0.6) is 5.75 Å². The minimum Gasteiger partial charge on any atom is -0.507 e. The number of phenolic OH excluding ortho intramolecular Hbond substituents is 1. The number of unbranched alkanes of at least 4 members (excludes halogenated alkanes) is 1. The van der Waals surface area contributed by atoms with Gasteiger partial charge >= 0.3 is 0 Å². The van der Waals surface area contributed by atoms with E-state index in [0.717, 1.165) is 41.0 Å². The highest BCUT2D eigenvalue weighted by atomic mass is 32.2. The Morgan fingerprint density at radius 2 is 1.79 bits per heavy atom. The Morgan fingerprint density at radius 1 is 1.09 bits per heavy atom. The molecule has 4 aromatic rings. The van der Waals surface area contributed by atoms with E-state index in [9.17, 15) is 13.5 Å². The van der Waals surface area contributed by atoms with Gasteiger partial charge in [0.2, 0.25) is 10.0 Å². The summed E-state index contributed by atoms with van der Waals surface area (Å²) in [5.74, 6) is 0.222. The maximum absolute atomic E-state index is 12.5. The van der Waals surface area contributed by atoms with Gasteiger partial charge in [-0.15, -0.1) is 0 Å². The van der Waals surface area contributed by atoms with Gasteiger partial charge in [-0.05, 0) is 36.8 Å². The lowest BCUT2D eigenvalue weighted by atomic mass is 10.1. The Hall–Kier alpha value is -2.80. The van der Waals surface area contributed by atoms with E-state index in [-0.39, 0.29) is 10.6 Å². The van der Waals surface area contributed by atoms with Crippen LogP contribution in [-0.4, -0.2) is 40.2 Å². The van der Waals surface area contributed by atoms with Crippen LogP contribution in [0.3, 0.4) is 0 Å². The number of benzene rings is 3. The number of nitrogens with zero attached hydrogens (tertiary/aromatic N) is 3. The lowest BCUT2D eigenvalue weighted by Gasteiger charge is -2.17. The highest BCUT2D eigenvalue weighted by Crippen LogP contribution is 2.34. The largest absolute Gasteiger partial charge is 0.507 e. The molecule has 0 radical (unpaired) electrons. The quantitative estimate of drug-likeness (QED) is 0.149. The number of thiol groups is 1. The van der Waals surface area contributed by atoms with Gasteiger partial charge in [0.25, 0.3) is 0 Å². The maximum atomic E-state index is 12.5. The van der Waals surface area contributed by atoms with Crippen molar-refractivity contribution in [1.82, 2.24) is 13.1 Å². The maximum Gasteiger partial charge on any atom is 0.245 e. The molecule has 0 unspecified atom stereocenters. The molecule has 1 heterocycles. The number of aromatic hydroxyl groups is 1. The van der Waals surface area contributed by atoms with E-state index in [0.29, 0.717) is 29.0 Å². The first-order chi connectivity index (χ1) is 15.7. The molecule has 6 N–H and O–H groups in total. The van der Waals surface area contributed by atoms with Crippen molar-refractivity contribution in [3.8, 4) is 5.75 Å². The van der Waals surface area contributed by atoms with Crippen molar-refractivity contribution < 1.29 is 13.5 Å². The predicted octanol–water partition coefficient (Wildman–Crippen LogP) is 4.08. The summed E-state index contributed by atoms with van der Waals surface area (Å²) in [6.07, 6.45) is 1.76. The fourth-order valence-corrected chi connectivity index (χ4v) is 5.41. The van der Waals surface area contributed by atoms with Crippen molar-refractivity contribution >= 4 is 73.4 Å². The third-order valence-corrected chi connectivity index (χ3v) is 7.75. The number of sulfonamides is 1. The molecule has 0 atom stereocenters. The summed E-state index contributed by atoms with van der Waals surface area (Å²) in [6.45, 7) is 2.51. The molecule has 4 rings (SSSR count). The van der Waals surface area contributed by atoms with Gasteiger partial charge in [-0.25, -0.2) is 12.7 Å². The second kappa shape index (κ2) is 10.4. The van der Waals surface area contributed by atoms with Crippen molar-refractivity contribution in [2.45, 2.75) is 24.7 Å². The number of rotatable bonds is 6. The molecule has 176 valence electrons. The zero-order valence-electron chi connectivity index (χ0n) is 18.2. The van der Waals surface area contributed by atoms with E-state index in [4.69, 9.17) is 11.5 Å². The number of nitrogens with two attached hydrogens (primary N) is 2. The van der Waals surface area contributed by atoms with E-state index < -0.39 is 10.0 Å². The Balaban J connectivity index is 0.000000194. The number of anilines is 3. The van der Waals surface area contributed by atoms with E-state index in [1.807, 2.05) is 25.1 Å². The summed E-state index contributed by atoms with van der Waals surface area (Å²) in [5, 5.41) is 11.1. The summed E-state index contributed by atoms with van der Waals surface area (Å²) in [6, 6.07) is 11.8. The van der Waals surface area contributed by atoms with Crippen molar-refractivity contribution in [1.29, 1.82) is 0 Å². The number of nitrogens with one attached hydrogen (secondary N) is 1. The lowest BCUT2D eigenvalue weighted by Crippen LogP contribution is -2.28. The van der Waals surface area contributed by atoms with Crippen molar-refractivity contribution in [2.24, 2.45) is 0 Å². The Labute approximate surface area is 202 Å². The van der Waals surface area contributed by atoms with E-state index in [2.05, 4.69) is 26.3 Å². The lowest BCUT2D eigenvalue weighted by molar-refractivity contribution is 0.460. The molecule has 0 aliphatic heterocycles. The number of hydrogen-bond acceptors (Lipinski definition) is 10. The Morgan fingerprint density at radius 3 is 2.48 bits per heavy atom. The standard InChI is InChI=1S/C11H16N4O2S2.C10H10N2OS/c1-3-4-7-15(2)19(16,17)9-6-5-8(12)10-11(9)14-18-13-10;11-7-4-5-9(13)6-2-1-3-8(12-14)10(6)7/h5-6H,3-4,7,12H2,1-2H3;1-5,12-14H,11H2. The summed E-state index contributed by atoms with van der Waals surface area (Å²) >= 11 is 4.94.